The van der Waals surface area contributed by atoms with Crippen molar-refractivity contribution in [2.24, 2.45) is 0 Å². The van der Waals surface area contributed by atoms with E-state index < -0.39 is 0 Å². The highest BCUT2D eigenvalue weighted by Gasteiger charge is 2.10. The average Bonchev–Trinajstić information content (AvgIpc) is 2.77. The molecule has 0 aliphatic carbocycles. The Balaban J connectivity index is 2.62. The Morgan fingerprint density at radius 1 is 1.29 bits per heavy atom. The maximum absolute atomic E-state index is 4.23. The van der Waals surface area contributed by atoms with Crippen LogP contribution in [-0.2, 0) is 0 Å². The third-order valence-electron chi connectivity index (χ3n) is 2.33. The van der Waals surface area contributed by atoms with Crippen LogP contribution in [0.5, 0.6) is 0 Å². The molecule has 0 fully saturated rings. The molecule has 0 spiro atoms. The van der Waals surface area contributed by atoms with E-state index >= 15 is 0 Å². The van der Waals surface area contributed by atoms with Crippen LogP contribution >= 0.6 is 23.5 Å². The van der Waals surface area contributed by atoms with E-state index in [1.165, 1.54) is 21.1 Å². The van der Waals surface area contributed by atoms with Crippen molar-refractivity contribution in [2.45, 2.75) is 0 Å². The van der Waals surface area contributed by atoms with Gasteiger partial charge in [-0.3, -0.25) is 3.97 Å². The van der Waals surface area contributed by atoms with Gasteiger partial charge in [-0.05, 0) is 29.5 Å². The summed E-state index contributed by atoms with van der Waals surface area (Å²) in [6.07, 6.45) is 4.04. The van der Waals surface area contributed by atoms with E-state index in [2.05, 4.69) is 38.9 Å². The second-order valence-corrected chi connectivity index (χ2v) is 4.55. The van der Waals surface area contributed by atoms with Crippen molar-refractivity contribution in [1.82, 2.24) is 8.35 Å². The second-order valence-electron chi connectivity index (χ2n) is 3.04. The summed E-state index contributed by atoms with van der Waals surface area (Å²) in [6, 6.07) is 8.45. The molecule has 0 radical (unpaired) electrons. The molecule has 0 saturated carbocycles. The van der Waals surface area contributed by atoms with Gasteiger partial charge in [0.1, 0.15) is 4.83 Å². The minimum absolute atomic E-state index is 1.25. The van der Waals surface area contributed by atoms with Crippen LogP contribution in [0.3, 0.4) is 0 Å². The molecule has 3 aromatic rings. The molecule has 2 aromatic heterocycles. The summed E-state index contributed by atoms with van der Waals surface area (Å²) in [7, 11) is 0. The lowest BCUT2D eigenvalue weighted by molar-refractivity contribution is 1.45. The molecule has 3 rings (SSSR count). The standard InChI is InChI=1S/C10H8N2S2/c1-13-12-9-5-3-2-4-7(9)8-6-11-14-10(8)12/h2-6H,1H3. The predicted molar refractivity (Wildman–Crippen MR) is 64.0 cm³/mol. The lowest BCUT2D eigenvalue weighted by Gasteiger charge is -1.98. The first kappa shape index (κ1) is 8.32. The van der Waals surface area contributed by atoms with Crippen LogP contribution in [0.1, 0.15) is 0 Å². The van der Waals surface area contributed by atoms with Gasteiger partial charge in [0, 0.05) is 17.0 Å². The molecule has 0 unspecified atom stereocenters. The van der Waals surface area contributed by atoms with Crippen molar-refractivity contribution in [3.8, 4) is 0 Å². The first-order chi connectivity index (χ1) is 6.92. The van der Waals surface area contributed by atoms with E-state index in [0.29, 0.717) is 0 Å². The Hall–Kier alpha value is -1.00. The van der Waals surface area contributed by atoms with E-state index in [9.17, 15) is 0 Å². The minimum atomic E-state index is 1.25. The Labute approximate surface area is 89.8 Å². The van der Waals surface area contributed by atoms with Crippen molar-refractivity contribution < 1.29 is 0 Å². The van der Waals surface area contributed by atoms with Gasteiger partial charge in [0.2, 0.25) is 0 Å². The molecule has 0 aliphatic heterocycles. The highest BCUT2D eigenvalue weighted by molar-refractivity contribution is 7.97. The molecule has 2 nitrogen and oxygen atoms in total. The highest BCUT2D eigenvalue weighted by atomic mass is 32.2. The van der Waals surface area contributed by atoms with Crippen LogP contribution in [0, 0.1) is 0 Å². The Bertz CT molecular complexity index is 594. The average molecular weight is 220 g/mol. The van der Waals surface area contributed by atoms with Crippen LogP contribution in [0.15, 0.2) is 30.5 Å². The van der Waals surface area contributed by atoms with E-state index in [1.54, 1.807) is 23.5 Å². The maximum atomic E-state index is 4.23. The molecular formula is C10H8N2S2. The van der Waals surface area contributed by atoms with Crippen LogP contribution in [0.25, 0.3) is 21.1 Å². The number of hydrogen-bond donors (Lipinski definition) is 0. The van der Waals surface area contributed by atoms with E-state index in [4.69, 9.17) is 0 Å². The number of fused-ring (bicyclic) bond motifs is 3. The van der Waals surface area contributed by atoms with Gasteiger partial charge in [-0.25, -0.2) is 0 Å². The minimum Gasteiger partial charge on any atom is -0.273 e. The molecule has 0 atom stereocenters. The molecule has 1 aromatic carbocycles. The zero-order valence-corrected chi connectivity index (χ0v) is 9.23. The van der Waals surface area contributed by atoms with E-state index in [0.717, 1.165) is 0 Å². The highest BCUT2D eigenvalue weighted by Crippen LogP contribution is 2.33. The monoisotopic (exact) mass is 220 g/mol. The van der Waals surface area contributed by atoms with Gasteiger partial charge in [-0.2, -0.15) is 4.37 Å². The summed E-state index contributed by atoms with van der Waals surface area (Å²) in [5, 5.41) is 2.56. The first-order valence-corrected chi connectivity index (χ1v) is 6.25. The topological polar surface area (TPSA) is 17.8 Å². The van der Waals surface area contributed by atoms with Crippen molar-refractivity contribution in [3.05, 3.63) is 30.5 Å². The summed E-state index contributed by atoms with van der Waals surface area (Å²) in [4.78, 5) is 1.25. The number of aromatic nitrogens is 2. The second kappa shape index (κ2) is 3.00. The lowest BCUT2D eigenvalue weighted by atomic mass is 10.2. The predicted octanol–water partition coefficient (Wildman–Crippen LogP) is 3.38. The maximum Gasteiger partial charge on any atom is 0.134 e. The summed E-state index contributed by atoms with van der Waals surface area (Å²) >= 11 is 3.28. The van der Waals surface area contributed by atoms with Crippen LogP contribution in [-0.4, -0.2) is 14.6 Å². The molecule has 2 heterocycles. The Kier molecular flexibility index (Phi) is 1.78. The largest absolute Gasteiger partial charge is 0.273 e. The number of para-hydroxylation sites is 1. The number of benzene rings is 1. The fourth-order valence-electron chi connectivity index (χ4n) is 1.73. The fraction of sp³-hybridized carbons (Fsp3) is 0.100. The quantitative estimate of drug-likeness (QED) is 0.625. The molecular weight excluding hydrogens is 212 g/mol. The van der Waals surface area contributed by atoms with Gasteiger partial charge >= 0.3 is 0 Å². The van der Waals surface area contributed by atoms with Crippen molar-refractivity contribution in [2.75, 3.05) is 6.26 Å². The molecule has 0 bridgehead atoms. The molecule has 0 amide bonds. The zero-order chi connectivity index (χ0) is 9.54. The van der Waals surface area contributed by atoms with Gasteiger partial charge in [-0.15, -0.1) is 0 Å². The molecule has 0 N–H and O–H groups in total. The van der Waals surface area contributed by atoms with Crippen molar-refractivity contribution in [1.29, 1.82) is 0 Å². The van der Waals surface area contributed by atoms with Crippen LogP contribution in [0.2, 0.25) is 0 Å². The summed E-state index contributed by atoms with van der Waals surface area (Å²) in [6.45, 7) is 0. The SMILES string of the molecule is CSn1c2ccccc2c2cnsc21. The zero-order valence-electron chi connectivity index (χ0n) is 7.60. The van der Waals surface area contributed by atoms with Gasteiger partial charge in [0.05, 0.1) is 11.7 Å². The van der Waals surface area contributed by atoms with Crippen LogP contribution in [0.4, 0.5) is 0 Å². The number of hydrogen-bond acceptors (Lipinski definition) is 3. The molecule has 70 valence electrons. The molecule has 14 heavy (non-hydrogen) atoms. The Morgan fingerprint density at radius 3 is 3.00 bits per heavy atom. The molecule has 0 saturated heterocycles. The van der Waals surface area contributed by atoms with Gasteiger partial charge in [0.25, 0.3) is 0 Å². The molecule has 0 aliphatic rings. The number of rotatable bonds is 1. The smallest absolute Gasteiger partial charge is 0.134 e. The van der Waals surface area contributed by atoms with E-state index in [-0.39, 0.29) is 0 Å². The summed E-state index contributed by atoms with van der Waals surface area (Å²) in [5.41, 5.74) is 1.28. The summed E-state index contributed by atoms with van der Waals surface area (Å²) < 4.78 is 6.47. The lowest BCUT2D eigenvalue weighted by Crippen LogP contribution is -1.80. The normalized spacial score (nSPS) is 11.5. The van der Waals surface area contributed by atoms with Crippen molar-refractivity contribution >= 4 is 44.6 Å². The van der Waals surface area contributed by atoms with Gasteiger partial charge < -0.3 is 0 Å². The fourth-order valence-corrected chi connectivity index (χ4v) is 3.37. The van der Waals surface area contributed by atoms with Gasteiger partial charge in [0.15, 0.2) is 0 Å². The first-order valence-electron chi connectivity index (χ1n) is 4.30. The van der Waals surface area contributed by atoms with E-state index in [1.807, 2.05) is 6.20 Å². The van der Waals surface area contributed by atoms with Crippen molar-refractivity contribution in [3.63, 3.8) is 0 Å². The third kappa shape index (κ3) is 0.952. The van der Waals surface area contributed by atoms with Crippen LogP contribution < -0.4 is 0 Å². The number of nitrogens with zero attached hydrogens (tertiary/aromatic N) is 2. The Morgan fingerprint density at radius 2 is 2.14 bits per heavy atom. The third-order valence-corrected chi connectivity index (χ3v) is 3.98. The van der Waals surface area contributed by atoms with Gasteiger partial charge in [-0.1, -0.05) is 18.2 Å². The molecule has 4 heteroatoms. The summed E-state index contributed by atoms with van der Waals surface area (Å²) in [5.74, 6) is 0.